The van der Waals surface area contributed by atoms with Gasteiger partial charge in [-0.15, -0.1) is 0 Å². The van der Waals surface area contributed by atoms with E-state index >= 15 is 0 Å². The van der Waals surface area contributed by atoms with E-state index in [0.717, 1.165) is 5.75 Å². The molecule has 1 aromatic carbocycles. The summed E-state index contributed by atoms with van der Waals surface area (Å²) in [6.07, 6.45) is 4.95. The van der Waals surface area contributed by atoms with Crippen molar-refractivity contribution in [2.24, 2.45) is 0 Å². The molecular weight excluding hydrogens is 224 g/mol. The Kier molecular flexibility index (Phi) is 3.76. The van der Waals surface area contributed by atoms with Gasteiger partial charge in [0, 0.05) is 5.75 Å². The zero-order valence-corrected chi connectivity index (χ0v) is 10.2. The van der Waals surface area contributed by atoms with Gasteiger partial charge in [-0.3, -0.25) is 4.79 Å². The maximum atomic E-state index is 10.8. The highest BCUT2D eigenvalue weighted by Crippen LogP contribution is 2.27. The van der Waals surface area contributed by atoms with E-state index in [1.807, 2.05) is 0 Å². The number of fused-ring (bicyclic) bond motifs is 1. The molecule has 1 aliphatic carbocycles. The van der Waals surface area contributed by atoms with Gasteiger partial charge in [0.1, 0.15) is 0 Å². The lowest BCUT2D eigenvalue weighted by Crippen LogP contribution is -2.05. The molecule has 0 aromatic heterocycles. The van der Waals surface area contributed by atoms with Crippen LogP contribution in [0.4, 0.5) is 4.79 Å². The van der Waals surface area contributed by atoms with E-state index in [-0.39, 0.29) is 4.45 Å². The molecule has 80 valence electrons. The molecule has 0 atom stereocenters. The first kappa shape index (κ1) is 11.1. The Balaban J connectivity index is 2.19. The minimum absolute atomic E-state index is 0.0941. The molecule has 3 heteroatoms. The van der Waals surface area contributed by atoms with Crippen molar-refractivity contribution in [1.82, 2.24) is 0 Å². The van der Waals surface area contributed by atoms with Gasteiger partial charge in [0.2, 0.25) is 4.45 Å². The summed E-state index contributed by atoms with van der Waals surface area (Å²) in [5, 5.41) is 0. The van der Waals surface area contributed by atoms with E-state index in [2.05, 4.69) is 30.8 Å². The molecule has 0 spiro atoms. The lowest BCUT2D eigenvalue weighted by Gasteiger charge is -2.18. The Labute approximate surface area is 100 Å². The molecule has 0 heterocycles. The molecule has 0 N–H and O–H groups in total. The molecule has 0 amide bonds. The Morgan fingerprint density at radius 1 is 1.33 bits per heavy atom. The normalized spacial score (nSPS) is 14.7. The van der Waals surface area contributed by atoms with Gasteiger partial charge in [-0.1, -0.05) is 42.6 Å². The van der Waals surface area contributed by atoms with Gasteiger partial charge in [-0.05, 0) is 42.4 Å². The van der Waals surface area contributed by atoms with Gasteiger partial charge in [0.05, 0.1) is 0 Å². The van der Waals surface area contributed by atoms with E-state index < -0.39 is 0 Å². The van der Waals surface area contributed by atoms with Crippen molar-refractivity contribution >= 4 is 28.8 Å². The largest absolute Gasteiger partial charge is 0.275 e. The van der Waals surface area contributed by atoms with Crippen molar-refractivity contribution < 1.29 is 4.79 Å². The highest BCUT2D eigenvalue weighted by molar-refractivity contribution is 8.31. The summed E-state index contributed by atoms with van der Waals surface area (Å²) in [5.41, 5.74) is 4.27. The van der Waals surface area contributed by atoms with Crippen LogP contribution in [0.1, 0.15) is 29.5 Å². The molecule has 1 aromatic rings. The number of hydrogen-bond acceptors (Lipinski definition) is 2. The number of carbonyl (C=O) groups is 1. The first-order valence-electron chi connectivity index (χ1n) is 5.23. The molecule has 1 aliphatic rings. The minimum Gasteiger partial charge on any atom is -0.275 e. The average Bonchev–Trinajstić information content (AvgIpc) is 2.26. The van der Waals surface area contributed by atoms with Crippen LogP contribution in [0.5, 0.6) is 0 Å². The first-order chi connectivity index (χ1) is 7.27. The molecule has 0 fully saturated rings. The van der Waals surface area contributed by atoms with Gasteiger partial charge in [0.25, 0.3) is 0 Å². The van der Waals surface area contributed by atoms with Crippen molar-refractivity contribution in [3.63, 3.8) is 0 Å². The number of hydrogen-bond donors (Lipinski definition) is 1. The van der Waals surface area contributed by atoms with Crippen LogP contribution in [0, 0.1) is 0 Å². The first-order valence-corrected chi connectivity index (χ1v) is 6.66. The SMILES string of the molecule is O=C(S)SCc1cccc2c1CCCC2. The monoisotopic (exact) mass is 238 g/mol. The Morgan fingerprint density at radius 2 is 2.13 bits per heavy atom. The molecule has 0 unspecified atom stereocenters. The quantitative estimate of drug-likeness (QED) is 0.788. The van der Waals surface area contributed by atoms with Crippen LogP contribution in [-0.2, 0) is 18.6 Å². The smallest absolute Gasteiger partial charge is 0.243 e. The van der Waals surface area contributed by atoms with Crippen LogP contribution in [0.25, 0.3) is 0 Å². The standard InChI is InChI=1S/C12H14OS2/c13-12(14)15-8-10-6-3-5-9-4-1-2-7-11(9)10/h3,5-6H,1-2,4,7-8H2,(H,13,14). The third-order valence-electron chi connectivity index (χ3n) is 2.84. The topological polar surface area (TPSA) is 17.1 Å². The Hall–Kier alpha value is -0.410. The summed E-state index contributed by atoms with van der Waals surface area (Å²) >= 11 is 5.06. The lowest BCUT2D eigenvalue weighted by molar-refractivity contribution is 0.277. The molecule has 0 saturated carbocycles. The van der Waals surface area contributed by atoms with E-state index in [9.17, 15) is 4.79 Å². The predicted octanol–water partition coefficient (Wildman–Crippen LogP) is 3.85. The minimum atomic E-state index is -0.0941. The van der Waals surface area contributed by atoms with E-state index in [0.29, 0.717) is 0 Å². The van der Waals surface area contributed by atoms with Crippen LogP contribution in [0.15, 0.2) is 18.2 Å². The molecule has 0 saturated heterocycles. The lowest BCUT2D eigenvalue weighted by atomic mass is 9.89. The predicted molar refractivity (Wildman–Crippen MR) is 68.8 cm³/mol. The van der Waals surface area contributed by atoms with Crippen LogP contribution in [-0.4, -0.2) is 4.45 Å². The summed E-state index contributed by atoms with van der Waals surface area (Å²) in [6.45, 7) is 0. The molecule has 0 aliphatic heterocycles. The van der Waals surface area contributed by atoms with E-state index in [1.165, 1.54) is 54.1 Å². The second kappa shape index (κ2) is 5.08. The maximum absolute atomic E-state index is 10.8. The van der Waals surface area contributed by atoms with Crippen molar-refractivity contribution in [2.45, 2.75) is 31.4 Å². The fourth-order valence-electron chi connectivity index (χ4n) is 2.14. The number of thiol groups is 1. The zero-order valence-electron chi connectivity index (χ0n) is 8.53. The molecule has 2 rings (SSSR count). The van der Waals surface area contributed by atoms with Crippen molar-refractivity contribution in [1.29, 1.82) is 0 Å². The maximum Gasteiger partial charge on any atom is 0.243 e. The highest BCUT2D eigenvalue weighted by Gasteiger charge is 2.12. The van der Waals surface area contributed by atoms with Gasteiger partial charge in [0.15, 0.2) is 0 Å². The Morgan fingerprint density at radius 3 is 2.93 bits per heavy atom. The fourth-order valence-corrected chi connectivity index (χ4v) is 2.88. The number of thioether (sulfide) groups is 1. The number of benzene rings is 1. The number of rotatable bonds is 2. The van der Waals surface area contributed by atoms with Gasteiger partial charge in [-0.25, -0.2) is 0 Å². The van der Waals surface area contributed by atoms with Gasteiger partial charge in [-0.2, -0.15) is 0 Å². The summed E-state index contributed by atoms with van der Waals surface area (Å²) in [5.74, 6) is 0.769. The summed E-state index contributed by atoms with van der Waals surface area (Å²) < 4.78 is -0.0941. The molecule has 0 radical (unpaired) electrons. The molecule has 0 bridgehead atoms. The zero-order chi connectivity index (χ0) is 10.7. The number of carbonyl (C=O) groups excluding carboxylic acids is 1. The number of aryl methyl sites for hydroxylation is 1. The van der Waals surface area contributed by atoms with Gasteiger partial charge < -0.3 is 0 Å². The van der Waals surface area contributed by atoms with Gasteiger partial charge >= 0.3 is 0 Å². The van der Waals surface area contributed by atoms with Crippen LogP contribution in [0.3, 0.4) is 0 Å². The van der Waals surface area contributed by atoms with Crippen LogP contribution < -0.4 is 0 Å². The third-order valence-corrected chi connectivity index (χ3v) is 3.93. The fraction of sp³-hybridized carbons (Fsp3) is 0.417. The third kappa shape index (κ3) is 2.79. The van der Waals surface area contributed by atoms with Crippen molar-refractivity contribution in [2.75, 3.05) is 0 Å². The average molecular weight is 238 g/mol. The van der Waals surface area contributed by atoms with Crippen LogP contribution in [0.2, 0.25) is 0 Å². The van der Waals surface area contributed by atoms with Crippen molar-refractivity contribution in [3.8, 4) is 0 Å². The summed E-state index contributed by atoms with van der Waals surface area (Å²) in [7, 11) is 0. The van der Waals surface area contributed by atoms with E-state index in [1.54, 1.807) is 0 Å². The Bertz CT molecular complexity index is 374. The van der Waals surface area contributed by atoms with E-state index in [4.69, 9.17) is 0 Å². The summed E-state index contributed by atoms with van der Waals surface area (Å²) in [4.78, 5) is 10.8. The second-order valence-electron chi connectivity index (χ2n) is 3.82. The highest BCUT2D eigenvalue weighted by atomic mass is 32.2. The second-order valence-corrected chi connectivity index (χ2v) is 5.47. The van der Waals surface area contributed by atoms with Crippen LogP contribution >= 0.6 is 24.4 Å². The molecule has 15 heavy (non-hydrogen) atoms. The summed E-state index contributed by atoms with van der Waals surface area (Å²) in [6, 6.07) is 6.45. The molecular formula is C12H14OS2. The molecule has 1 nitrogen and oxygen atoms in total. The van der Waals surface area contributed by atoms with Crippen molar-refractivity contribution in [3.05, 3.63) is 34.9 Å².